The van der Waals surface area contributed by atoms with Crippen LogP contribution in [0.5, 0.6) is 0 Å². The van der Waals surface area contributed by atoms with Crippen LogP contribution in [0.15, 0.2) is 41.3 Å². The molecular weight excluding hydrogens is 441 g/mol. The SMILES string of the molecule is CC1(C)CCC(C)(C)c2cc(S(=O)(=O)CCc3ccc(C(=O)O)c(C(F)(F)F)c3)ccc21. The number of carboxylic acids is 1. The maximum absolute atomic E-state index is 13.2. The normalized spacial score (nSPS) is 17.6. The Morgan fingerprint density at radius 2 is 1.56 bits per heavy atom. The van der Waals surface area contributed by atoms with Crippen molar-refractivity contribution in [2.45, 2.75) is 68.9 Å². The zero-order chi connectivity index (χ0) is 24.1. The lowest BCUT2D eigenvalue weighted by molar-refractivity contribution is -0.138. The highest BCUT2D eigenvalue weighted by Crippen LogP contribution is 2.46. The molecule has 2 aromatic rings. The number of halogens is 3. The third-order valence-corrected chi connectivity index (χ3v) is 8.18. The van der Waals surface area contributed by atoms with Crippen molar-refractivity contribution in [2.75, 3.05) is 5.75 Å². The molecule has 0 aliphatic heterocycles. The van der Waals surface area contributed by atoms with Gasteiger partial charge in [-0.05, 0) is 71.0 Å². The summed E-state index contributed by atoms with van der Waals surface area (Å²) in [5.41, 5.74) is -0.157. The van der Waals surface area contributed by atoms with Gasteiger partial charge in [-0.2, -0.15) is 13.2 Å². The maximum atomic E-state index is 13.2. The molecule has 32 heavy (non-hydrogen) atoms. The summed E-state index contributed by atoms with van der Waals surface area (Å²) in [6, 6.07) is 7.96. The van der Waals surface area contributed by atoms with Gasteiger partial charge in [0.2, 0.25) is 0 Å². The Morgan fingerprint density at radius 3 is 2.12 bits per heavy atom. The predicted octanol–water partition coefficient (Wildman–Crippen LogP) is 5.77. The molecule has 0 amide bonds. The predicted molar refractivity (Wildman–Crippen MR) is 116 cm³/mol. The molecule has 3 rings (SSSR count). The molecule has 0 saturated carbocycles. The van der Waals surface area contributed by atoms with Gasteiger partial charge in [-0.15, -0.1) is 0 Å². The van der Waals surface area contributed by atoms with Crippen molar-refractivity contribution < 1.29 is 31.5 Å². The summed E-state index contributed by atoms with van der Waals surface area (Å²) < 4.78 is 65.7. The van der Waals surface area contributed by atoms with E-state index in [-0.39, 0.29) is 33.5 Å². The molecule has 0 bridgehead atoms. The fourth-order valence-corrected chi connectivity index (χ4v) is 5.61. The van der Waals surface area contributed by atoms with Crippen LogP contribution in [0.2, 0.25) is 0 Å². The highest BCUT2D eigenvalue weighted by atomic mass is 32.2. The summed E-state index contributed by atoms with van der Waals surface area (Å²) in [4.78, 5) is 11.3. The second kappa shape index (κ2) is 7.90. The molecule has 0 spiro atoms. The zero-order valence-electron chi connectivity index (χ0n) is 18.5. The van der Waals surface area contributed by atoms with Crippen molar-refractivity contribution in [2.24, 2.45) is 0 Å². The largest absolute Gasteiger partial charge is 0.478 e. The Hall–Kier alpha value is -2.35. The molecule has 0 fully saturated rings. The van der Waals surface area contributed by atoms with Crippen LogP contribution < -0.4 is 0 Å². The summed E-state index contributed by atoms with van der Waals surface area (Å²) in [7, 11) is -3.75. The fourth-order valence-electron chi connectivity index (χ4n) is 4.30. The Labute approximate surface area is 186 Å². The highest BCUT2D eigenvalue weighted by Gasteiger charge is 2.38. The first-order valence-electron chi connectivity index (χ1n) is 10.4. The van der Waals surface area contributed by atoms with Crippen LogP contribution in [-0.2, 0) is 33.3 Å². The lowest BCUT2D eigenvalue weighted by Gasteiger charge is -2.42. The van der Waals surface area contributed by atoms with Gasteiger partial charge in [0, 0.05) is 0 Å². The number of fused-ring (bicyclic) bond motifs is 1. The second-order valence-corrected chi connectivity index (χ2v) is 11.8. The van der Waals surface area contributed by atoms with Gasteiger partial charge in [0.25, 0.3) is 0 Å². The highest BCUT2D eigenvalue weighted by molar-refractivity contribution is 7.91. The summed E-state index contributed by atoms with van der Waals surface area (Å²) in [6.07, 6.45) is -3.09. The standard InChI is InChI=1S/C24H27F3O4S/c1-22(2)10-11-23(3,4)20-14-16(6-8-18(20)22)32(30,31)12-9-15-5-7-17(21(28)29)19(13-15)24(25,26)27/h5-8,13-14H,9-12H2,1-4H3,(H,28,29). The molecule has 0 radical (unpaired) electrons. The third-order valence-electron chi connectivity index (χ3n) is 6.46. The van der Waals surface area contributed by atoms with Crippen LogP contribution in [0.4, 0.5) is 13.2 Å². The fraction of sp³-hybridized carbons (Fsp3) is 0.458. The number of aromatic carboxylic acids is 1. The molecule has 0 atom stereocenters. The number of carbonyl (C=O) groups is 1. The van der Waals surface area contributed by atoms with Crippen molar-refractivity contribution in [1.29, 1.82) is 0 Å². The summed E-state index contributed by atoms with van der Waals surface area (Å²) >= 11 is 0. The van der Waals surface area contributed by atoms with E-state index in [4.69, 9.17) is 5.11 Å². The van der Waals surface area contributed by atoms with Crippen LogP contribution in [-0.4, -0.2) is 25.2 Å². The van der Waals surface area contributed by atoms with Gasteiger partial charge < -0.3 is 5.11 Å². The lowest BCUT2D eigenvalue weighted by Crippen LogP contribution is -2.34. The molecule has 8 heteroatoms. The van der Waals surface area contributed by atoms with E-state index in [9.17, 15) is 26.4 Å². The number of benzene rings is 2. The number of aryl methyl sites for hydroxylation is 1. The van der Waals surface area contributed by atoms with Gasteiger partial charge in [0.1, 0.15) is 0 Å². The molecular formula is C24H27F3O4S. The Bertz CT molecular complexity index is 1160. The first kappa shape index (κ1) is 24.3. The van der Waals surface area contributed by atoms with Crippen LogP contribution in [0.25, 0.3) is 0 Å². The second-order valence-electron chi connectivity index (χ2n) is 9.73. The monoisotopic (exact) mass is 468 g/mol. The van der Waals surface area contributed by atoms with E-state index >= 15 is 0 Å². The van der Waals surface area contributed by atoms with E-state index in [1.807, 2.05) is 6.07 Å². The van der Waals surface area contributed by atoms with E-state index in [1.54, 1.807) is 12.1 Å². The van der Waals surface area contributed by atoms with E-state index in [2.05, 4.69) is 27.7 Å². The Kier molecular flexibility index (Phi) is 6.00. The average Bonchev–Trinajstić information content (AvgIpc) is 2.69. The van der Waals surface area contributed by atoms with Crippen LogP contribution in [0.3, 0.4) is 0 Å². The molecule has 4 nitrogen and oxygen atoms in total. The summed E-state index contributed by atoms with van der Waals surface area (Å²) in [5, 5.41) is 9.01. The van der Waals surface area contributed by atoms with Crippen molar-refractivity contribution in [3.05, 3.63) is 64.2 Å². The van der Waals surface area contributed by atoms with Gasteiger partial charge in [-0.1, -0.05) is 39.8 Å². The smallest absolute Gasteiger partial charge is 0.417 e. The molecule has 1 N–H and O–H groups in total. The molecule has 0 aromatic heterocycles. The minimum atomic E-state index is -4.85. The minimum Gasteiger partial charge on any atom is -0.478 e. The van der Waals surface area contributed by atoms with Crippen molar-refractivity contribution in [1.82, 2.24) is 0 Å². The number of alkyl halides is 3. The van der Waals surface area contributed by atoms with Crippen LogP contribution in [0.1, 0.15) is 73.1 Å². The van der Waals surface area contributed by atoms with Crippen LogP contribution in [0, 0.1) is 0 Å². The first-order valence-corrected chi connectivity index (χ1v) is 12.0. The molecule has 174 valence electrons. The molecule has 1 aliphatic rings. The molecule has 0 heterocycles. The zero-order valence-corrected chi connectivity index (χ0v) is 19.3. The van der Waals surface area contributed by atoms with E-state index in [0.29, 0.717) is 0 Å². The van der Waals surface area contributed by atoms with Crippen molar-refractivity contribution >= 4 is 15.8 Å². The number of rotatable bonds is 5. The molecule has 0 saturated heterocycles. The van der Waals surface area contributed by atoms with E-state index in [1.165, 1.54) is 6.07 Å². The van der Waals surface area contributed by atoms with Crippen molar-refractivity contribution in [3.63, 3.8) is 0 Å². The molecule has 1 aliphatic carbocycles. The van der Waals surface area contributed by atoms with Crippen molar-refractivity contribution in [3.8, 4) is 0 Å². The number of carboxylic acid groups (broad SMARTS) is 1. The van der Waals surface area contributed by atoms with Crippen LogP contribution >= 0.6 is 0 Å². The average molecular weight is 469 g/mol. The van der Waals surface area contributed by atoms with E-state index in [0.717, 1.165) is 36.1 Å². The third kappa shape index (κ3) is 4.70. The summed E-state index contributed by atoms with van der Waals surface area (Å²) in [5.74, 6) is -2.06. The van der Waals surface area contributed by atoms with Gasteiger partial charge in [-0.25, -0.2) is 13.2 Å². The Morgan fingerprint density at radius 1 is 0.969 bits per heavy atom. The minimum absolute atomic E-state index is 0.0625. The summed E-state index contributed by atoms with van der Waals surface area (Å²) in [6.45, 7) is 8.43. The lowest BCUT2D eigenvalue weighted by atomic mass is 9.63. The molecule has 0 unspecified atom stereocenters. The van der Waals surface area contributed by atoms with Gasteiger partial charge in [-0.3, -0.25) is 0 Å². The van der Waals surface area contributed by atoms with E-state index < -0.39 is 33.1 Å². The number of hydrogen-bond donors (Lipinski definition) is 1. The number of sulfone groups is 1. The topological polar surface area (TPSA) is 71.4 Å². The quantitative estimate of drug-likeness (QED) is 0.605. The number of hydrogen-bond acceptors (Lipinski definition) is 3. The van der Waals surface area contributed by atoms with Gasteiger partial charge in [0.05, 0.1) is 21.8 Å². The Balaban J connectivity index is 1.91. The van der Waals surface area contributed by atoms with Gasteiger partial charge >= 0.3 is 12.1 Å². The van der Waals surface area contributed by atoms with Gasteiger partial charge in [0.15, 0.2) is 9.84 Å². The maximum Gasteiger partial charge on any atom is 0.417 e. The first-order chi connectivity index (χ1) is 14.5. The molecule has 2 aromatic carbocycles.